The third-order valence-electron chi connectivity index (χ3n) is 1.83. The van der Waals surface area contributed by atoms with E-state index in [1.807, 2.05) is 0 Å². The molecule has 0 heterocycles. The number of aliphatic carboxylic acids is 1. The molecule has 0 unspecified atom stereocenters. The van der Waals surface area contributed by atoms with Gasteiger partial charge in [-0.15, -0.1) is 0 Å². The highest BCUT2D eigenvalue weighted by molar-refractivity contribution is 5.86. The van der Waals surface area contributed by atoms with Crippen LogP contribution in [-0.2, 0) is 4.79 Å². The Morgan fingerprint density at radius 2 is 2.12 bits per heavy atom. The van der Waals surface area contributed by atoms with Crippen LogP contribution in [0.2, 0.25) is 0 Å². The van der Waals surface area contributed by atoms with Crippen molar-refractivity contribution in [3.63, 3.8) is 0 Å². The zero-order valence-electron chi connectivity index (χ0n) is 8.78. The van der Waals surface area contributed by atoms with E-state index in [1.165, 1.54) is 6.07 Å². The Balaban J connectivity index is 3.20. The molecule has 1 aromatic carbocycles. The highest BCUT2D eigenvalue weighted by Crippen LogP contribution is 2.27. The summed E-state index contributed by atoms with van der Waals surface area (Å²) in [5.41, 5.74) is 0.416. The highest BCUT2D eigenvalue weighted by atomic mass is 19.3. The second-order valence-corrected chi connectivity index (χ2v) is 3.22. The molecular formula is C11H9F3O3. The standard InChI is InChI=1S/C11H9F3O3/c1-6-4-7(2-3-9(15)16)10(8(12)5-6)17-11(13)14/h2-5,11H,1H3,(H,15,16)/b3-2+. The Morgan fingerprint density at radius 3 is 2.65 bits per heavy atom. The number of alkyl halides is 2. The Kier molecular flexibility index (Phi) is 4.14. The molecule has 0 aliphatic rings. The first kappa shape index (κ1) is 13.1. The third kappa shape index (κ3) is 3.82. The fourth-order valence-corrected chi connectivity index (χ4v) is 1.25. The Bertz CT molecular complexity index is 456. The maximum Gasteiger partial charge on any atom is 0.387 e. The van der Waals surface area contributed by atoms with Crippen LogP contribution < -0.4 is 4.74 Å². The second kappa shape index (κ2) is 5.38. The number of carbonyl (C=O) groups is 1. The second-order valence-electron chi connectivity index (χ2n) is 3.22. The molecule has 0 radical (unpaired) electrons. The van der Waals surface area contributed by atoms with Gasteiger partial charge in [-0.2, -0.15) is 8.78 Å². The van der Waals surface area contributed by atoms with Crippen LogP contribution >= 0.6 is 0 Å². The largest absolute Gasteiger partial charge is 0.478 e. The number of carboxylic acids is 1. The van der Waals surface area contributed by atoms with E-state index < -0.39 is 24.1 Å². The maximum absolute atomic E-state index is 13.4. The van der Waals surface area contributed by atoms with Crippen molar-refractivity contribution in [2.24, 2.45) is 0 Å². The van der Waals surface area contributed by atoms with Gasteiger partial charge in [0.25, 0.3) is 0 Å². The number of rotatable bonds is 4. The molecule has 0 saturated carbocycles. The van der Waals surface area contributed by atoms with Crippen LogP contribution in [0.25, 0.3) is 6.08 Å². The van der Waals surface area contributed by atoms with E-state index in [0.29, 0.717) is 11.6 Å². The molecule has 0 fully saturated rings. The Morgan fingerprint density at radius 1 is 1.47 bits per heavy atom. The van der Waals surface area contributed by atoms with Crippen molar-refractivity contribution in [1.82, 2.24) is 0 Å². The van der Waals surface area contributed by atoms with Gasteiger partial charge in [0.1, 0.15) is 0 Å². The predicted octanol–water partition coefficient (Wildman–Crippen LogP) is 2.83. The van der Waals surface area contributed by atoms with E-state index in [1.54, 1.807) is 6.92 Å². The van der Waals surface area contributed by atoms with Gasteiger partial charge in [-0.25, -0.2) is 9.18 Å². The van der Waals surface area contributed by atoms with Gasteiger partial charge in [-0.3, -0.25) is 0 Å². The number of carboxylic acid groups (broad SMARTS) is 1. The molecule has 0 atom stereocenters. The monoisotopic (exact) mass is 246 g/mol. The molecular weight excluding hydrogens is 237 g/mol. The van der Waals surface area contributed by atoms with Gasteiger partial charge < -0.3 is 9.84 Å². The van der Waals surface area contributed by atoms with Crippen molar-refractivity contribution in [3.05, 3.63) is 35.2 Å². The number of ether oxygens (including phenoxy) is 1. The Labute approximate surface area is 95.1 Å². The summed E-state index contributed by atoms with van der Waals surface area (Å²) in [4.78, 5) is 10.3. The van der Waals surface area contributed by atoms with Crippen LogP contribution in [0.3, 0.4) is 0 Å². The quantitative estimate of drug-likeness (QED) is 0.831. The molecule has 0 amide bonds. The average Bonchev–Trinajstić information content (AvgIpc) is 2.18. The minimum Gasteiger partial charge on any atom is -0.478 e. The van der Waals surface area contributed by atoms with E-state index in [-0.39, 0.29) is 5.56 Å². The first-order valence-electron chi connectivity index (χ1n) is 4.56. The fourth-order valence-electron chi connectivity index (χ4n) is 1.25. The van der Waals surface area contributed by atoms with Crippen molar-refractivity contribution in [2.45, 2.75) is 13.5 Å². The lowest BCUT2D eigenvalue weighted by atomic mass is 10.1. The smallest absolute Gasteiger partial charge is 0.387 e. The molecule has 3 nitrogen and oxygen atoms in total. The number of benzene rings is 1. The van der Waals surface area contributed by atoms with Gasteiger partial charge in [0.15, 0.2) is 11.6 Å². The van der Waals surface area contributed by atoms with Gasteiger partial charge in [-0.1, -0.05) is 0 Å². The van der Waals surface area contributed by atoms with Gasteiger partial charge in [0.2, 0.25) is 0 Å². The summed E-state index contributed by atoms with van der Waals surface area (Å²) in [7, 11) is 0. The van der Waals surface area contributed by atoms with E-state index in [4.69, 9.17) is 5.11 Å². The lowest BCUT2D eigenvalue weighted by molar-refractivity contribution is -0.131. The molecule has 0 aliphatic carbocycles. The first-order valence-corrected chi connectivity index (χ1v) is 4.56. The van der Waals surface area contributed by atoms with Crippen LogP contribution in [-0.4, -0.2) is 17.7 Å². The SMILES string of the molecule is Cc1cc(F)c(OC(F)F)c(/C=C/C(=O)O)c1. The van der Waals surface area contributed by atoms with E-state index >= 15 is 0 Å². The zero-order chi connectivity index (χ0) is 13.0. The van der Waals surface area contributed by atoms with Crippen molar-refractivity contribution in [1.29, 1.82) is 0 Å². The molecule has 0 spiro atoms. The lowest BCUT2D eigenvalue weighted by Gasteiger charge is -2.10. The summed E-state index contributed by atoms with van der Waals surface area (Å²) in [6, 6.07) is 2.37. The van der Waals surface area contributed by atoms with Crippen molar-refractivity contribution in [2.75, 3.05) is 0 Å². The van der Waals surface area contributed by atoms with Crippen molar-refractivity contribution < 1.29 is 27.8 Å². The molecule has 0 aromatic heterocycles. The molecule has 92 valence electrons. The van der Waals surface area contributed by atoms with Crippen LogP contribution in [0, 0.1) is 12.7 Å². The lowest BCUT2D eigenvalue weighted by Crippen LogP contribution is -2.05. The summed E-state index contributed by atoms with van der Waals surface area (Å²) < 4.78 is 41.5. The first-order chi connectivity index (χ1) is 7.90. The van der Waals surface area contributed by atoms with Gasteiger partial charge in [0, 0.05) is 11.6 Å². The molecule has 0 bridgehead atoms. The molecule has 1 N–H and O–H groups in total. The number of hydrogen-bond donors (Lipinski definition) is 1. The topological polar surface area (TPSA) is 46.5 Å². The molecule has 17 heavy (non-hydrogen) atoms. The number of hydrogen-bond acceptors (Lipinski definition) is 2. The molecule has 0 aliphatic heterocycles. The third-order valence-corrected chi connectivity index (χ3v) is 1.83. The van der Waals surface area contributed by atoms with Crippen LogP contribution in [0.4, 0.5) is 13.2 Å². The Hall–Kier alpha value is -1.98. The minimum absolute atomic E-state index is 0.0507. The van der Waals surface area contributed by atoms with Crippen LogP contribution in [0.5, 0.6) is 5.75 Å². The maximum atomic E-state index is 13.4. The molecule has 1 aromatic rings. The highest BCUT2D eigenvalue weighted by Gasteiger charge is 2.14. The molecule has 6 heteroatoms. The molecule has 1 rings (SSSR count). The summed E-state index contributed by atoms with van der Waals surface area (Å²) in [5.74, 6) is -2.90. The van der Waals surface area contributed by atoms with Gasteiger partial charge in [-0.05, 0) is 30.7 Å². The summed E-state index contributed by atoms with van der Waals surface area (Å²) in [6.45, 7) is -1.63. The van der Waals surface area contributed by atoms with Crippen molar-refractivity contribution >= 4 is 12.0 Å². The molecule has 0 saturated heterocycles. The summed E-state index contributed by atoms with van der Waals surface area (Å²) in [6.07, 6.45) is 1.71. The minimum atomic E-state index is -3.18. The zero-order valence-corrected chi connectivity index (χ0v) is 8.78. The summed E-state index contributed by atoms with van der Waals surface area (Å²) in [5, 5.41) is 8.42. The predicted molar refractivity (Wildman–Crippen MR) is 54.4 cm³/mol. The van der Waals surface area contributed by atoms with Crippen molar-refractivity contribution in [3.8, 4) is 5.75 Å². The number of aryl methyl sites for hydroxylation is 1. The van der Waals surface area contributed by atoms with E-state index in [0.717, 1.165) is 12.1 Å². The van der Waals surface area contributed by atoms with E-state index in [9.17, 15) is 18.0 Å². The fraction of sp³-hybridized carbons (Fsp3) is 0.182. The van der Waals surface area contributed by atoms with Gasteiger partial charge in [0.05, 0.1) is 0 Å². The van der Waals surface area contributed by atoms with Crippen LogP contribution in [0.15, 0.2) is 18.2 Å². The normalized spacial score (nSPS) is 11.1. The van der Waals surface area contributed by atoms with Crippen LogP contribution in [0.1, 0.15) is 11.1 Å². The summed E-state index contributed by atoms with van der Waals surface area (Å²) >= 11 is 0. The number of halogens is 3. The average molecular weight is 246 g/mol. The van der Waals surface area contributed by atoms with E-state index in [2.05, 4.69) is 4.74 Å². The van der Waals surface area contributed by atoms with Gasteiger partial charge >= 0.3 is 12.6 Å².